The smallest absolute Gasteiger partial charge is 0.294 e. The summed E-state index contributed by atoms with van der Waals surface area (Å²) in [5.41, 5.74) is 0.0914. The maximum atomic E-state index is 10.5. The van der Waals surface area contributed by atoms with E-state index in [1.807, 2.05) is 0 Å². The van der Waals surface area contributed by atoms with Crippen LogP contribution in [-0.4, -0.2) is 0 Å². The van der Waals surface area contributed by atoms with E-state index in [1.165, 1.54) is 18.3 Å². The molecule has 1 aromatic heterocycles. The highest BCUT2D eigenvalue weighted by atomic mass is 16.5. The molecule has 1 aromatic rings. The summed E-state index contributed by atoms with van der Waals surface area (Å²) in [5.74, 6) is 0. The lowest BCUT2D eigenvalue weighted by Gasteiger charge is -1.92. The molecule has 3 heteroatoms. The molecule has 43 valence electrons. The van der Waals surface area contributed by atoms with Crippen molar-refractivity contribution in [1.29, 1.82) is 5.26 Å². The number of pyridine rings is 1. The zero-order valence-electron chi connectivity index (χ0n) is 4.53. The maximum Gasteiger partial charge on any atom is 0.294 e. The molecule has 0 aromatic carbocycles. The Morgan fingerprint density at radius 1 is 1.78 bits per heavy atom. The normalized spacial score (nSPS) is 8.33. The van der Waals surface area contributed by atoms with E-state index >= 15 is 0 Å². The summed E-state index contributed by atoms with van der Waals surface area (Å²) in [6.07, 6.45) is 1.17. The summed E-state index contributed by atoms with van der Waals surface area (Å²) >= 11 is 0. The molecule has 0 aliphatic rings. The molecule has 1 radical (unpaired) electrons. The lowest BCUT2D eigenvalue weighted by molar-refractivity contribution is -0.608. The van der Waals surface area contributed by atoms with Gasteiger partial charge in [-0.2, -0.15) is 9.99 Å². The highest BCUT2D eigenvalue weighted by Crippen LogP contribution is 1.84. The van der Waals surface area contributed by atoms with Gasteiger partial charge in [-0.3, -0.25) is 0 Å². The molecule has 1 heterocycles. The van der Waals surface area contributed by atoms with Gasteiger partial charge in [-0.05, 0) is 6.07 Å². The van der Waals surface area contributed by atoms with Crippen LogP contribution in [0.15, 0.2) is 18.3 Å². The molecule has 1 rings (SSSR count). The SMILES string of the molecule is N#Cc1cc[c]c[n+]1[O-]. The molecule has 0 unspecified atom stereocenters. The van der Waals surface area contributed by atoms with Crippen LogP contribution in [0.5, 0.6) is 0 Å². The van der Waals surface area contributed by atoms with E-state index < -0.39 is 0 Å². The lowest BCUT2D eigenvalue weighted by Crippen LogP contribution is -2.29. The molecule has 0 N–H and O–H groups in total. The van der Waals surface area contributed by atoms with Crippen molar-refractivity contribution in [3.63, 3.8) is 0 Å². The third-order valence-electron chi connectivity index (χ3n) is 0.881. The topological polar surface area (TPSA) is 50.7 Å². The number of hydrogen-bond donors (Lipinski definition) is 0. The molecule has 0 aliphatic heterocycles. The lowest BCUT2D eigenvalue weighted by atomic mass is 10.4. The van der Waals surface area contributed by atoms with Crippen LogP contribution in [0.1, 0.15) is 5.69 Å². The second-order valence-corrected chi connectivity index (χ2v) is 1.45. The van der Waals surface area contributed by atoms with Crippen LogP contribution in [0.2, 0.25) is 0 Å². The molecule has 0 saturated heterocycles. The Balaban J connectivity index is 3.20. The van der Waals surface area contributed by atoms with E-state index in [2.05, 4.69) is 6.07 Å². The van der Waals surface area contributed by atoms with Crippen LogP contribution in [0.25, 0.3) is 0 Å². The van der Waals surface area contributed by atoms with Crippen LogP contribution < -0.4 is 4.73 Å². The highest BCUT2D eigenvalue weighted by Gasteiger charge is 1.97. The van der Waals surface area contributed by atoms with Crippen LogP contribution in [0, 0.1) is 22.6 Å². The highest BCUT2D eigenvalue weighted by molar-refractivity contribution is 5.12. The fourth-order valence-corrected chi connectivity index (χ4v) is 0.467. The largest absolute Gasteiger partial charge is 0.618 e. The molecule has 9 heavy (non-hydrogen) atoms. The van der Waals surface area contributed by atoms with E-state index in [4.69, 9.17) is 5.26 Å². The van der Waals surface area contributed by atoms with Gasteiger partial charge < -0.3 is 5.21 Å². The first kappa shape index (κ1) is 5.57. The van der Waals surface area contributed by atoms with Crippen LogP contribution in [-0.2, 0) is 0 Å². The van der Waals surface area contributed by atoms with Crippen molar-refractivity contribution in [2.45, 2.75) is 0 Å². The van der Waals surface area contributed by atoms with Crippen molar-refractivity contribution >= 4 is 0 Å². The third-order valence-corrected chi connectivity index (χ3v) is 0.881. The van der Waals surface area contributed by atoms with Crippen LogP contribution >= 0.6 is 0 Å². The average molecular weight is 119 g/mol. The van der Waals surface area contributed by atoms with Crippen molar-refractivity contribution in [2.75, 3.05) is 0 Å². The maximum absolute atomic E-state index is 10.5. The quantitative estimate of drug-likeness (QED) is 0.356. The van der Waals surface area contributed by atoms with Gasteiger partial charge in [-0.1, -0.05) is 0 Å². The van der Waals surface area contributed by atoms with E-state index in [0.717, 1.165) is 0 Å². The van der Waals surface area contributed by atoms with Crippen molar-refractivity contribution in [3.8, 4) is 6.07 Å². The molecule has 0 spiro atoms. The van der Waals surface area contributed by atoms with Gasteiger partial charge in [-0.15, -0.1) is 0 Å². The molecular weight excluding hydrogens is 116 g/mol. The molecule has 0 bridgehead atoms. The summed E-state index contributed by atoms with van der Waals surface area (Å²) in [6, 6.07) is 7.19. The van der Waals surface area contributed by atoms with Gasteiger partial charge in [0.15, 0.2) is 12.3 Å². The Labute approximate surface area is 52.4 Å². The second-order valence-electron chi connectivity index (χ2n) is 1.45. The zero-order chi connectivity index (χ0) is 6.69. The molecule has 0 amide bonds. The number of hydrogen-bond acceptors (Lipinski definition) is 2. The zero-order valence-corrected chi connectivity index (χ0v) is 4.53. The Morgan fingerprint density at radius 3 is 3.00 bits per heavy atom. The Kier molecular flexibility index (Phi) is 1.32. The second kappa shape index (κ2) is 2.14. The van der Waals surface area contributed by atoms with E-state index in [1.54, 1.807) is 6.07 Å². The predicted octanol–water partition coefficient (Wildman–Crippen LogP) is -0.00813. The number of nitrogens with zero attached hydrogens (tertiary/aromatic N) is 2. The molecule has 0 aliphatic carbocycles. The van der Waals surface area contributed by atoms with Gasteiger partial charge in [0.25, 0.3) is 5.69 Å². The number of nitriles is 1. The molecule has 3 nitrogen and oxygen atoms in total. The van der Waals surface area contributed by atoms with Gasteiger partial charge in [0.2, 0.25) is 0 Å². The van der Waals surface area contributed by atoms with E-state index in [9.17, 15) is 5.21 Å². The van der Waals surface area contributed by atoms with Crippen molar-refractivity contribution < 1.29 is 4.73 Å². The van der Waals surface area contributed by atoms with Crippen molar-refractivity contribution in [2.24, 2.45) is 0 Å². The molecular formula is C6H3N2O. The Hall–Kier alpha value is -1.56. The minimum Gasteiger partial charge on any atom is -0.618 e. The molecule has 0 saturated carbocycles. The average Bonchev–Trinajstić information content (AvgIpc) is 1.89. The van der Waals surface area contributed by atoms with Gasteiger partial charge in [0.1, 0.15) is 0 Å². The van der Waals surface area contributed by atoms with E-state index in [-0.39, 0.29) is 5.69 Å². The van der Waals surface area contributed by atoms with Gasteiger partial charge in [0, 0.05) is 6.07 Å². The molecule has 0 atom stereocenters. The van der Waals surface area contributed by atoms with Gasteiger partial charge in [-0.25, -0.2) is 0 Å². The minimum atomic E-state index is 0.0914. The summed E-state index contributed by atoms with van der Waals surface area (Å²) in [5, 5.41) is 18.7. The Bertz CT molecular complexity index is 251. The number of rotatable bonds is 0. The predicted molar refractivity (Wildman–Crippen MR) is 29.0 cm³/mol. The number of aromatic nitrogens is 1. The van der Waals surface area contributed by atoms with Crippen molar-refractivity contribution in [1.82, 2.24) is 0 Å². The van der Waals surface area contributed by atoms with E-state index in [0.29, 0.717) is 4.73 Å². The molecule has 0 fully saturated rings. The van der Waals surface area contributed by atoms with Crippen LogP contribution in [0.4, 0.5) is 0 Å². The minimum absolute atomic E-state index is 0.0914. The van der Waals surface area contributed by atoms with Gasteiger partial charge in [0.05, 0.1) is 6.07 Å². The summed E-state index contributed by atoms with van der Waals surface area (Å²) in [6.45, 7) is 0. The first-order chi connectivity index (χ1) is 4.34. The van der Waals surface area contributed by atoms with Crippen LogP contribution in [0.3, 0.4) is 0 Å². The fraction of sp³-hybridized carbons (Fsp3) is 0. The summed E-state index contributed by atoms with van der Waals surface area (Å²) < 4.78 is 0.472. The summed E-state index contributed by atoms with van der Waals surface area (Å²) in [7, 11) is 0. The fourth-order valence-electron chi connectivity index (χ4n) is 0.467. The third kappa shape index (κ3) is 0.970. The first-order valence-corrected chi connectivity index (χ1v) is 2.34. The first-order valence-electron chi connectivity index (χ1n) is 2.34. The Morgan fingerprint density at radius 2 is 2.56 bits per heavy atom. The standard InChI is InChI=1S/C6H3N2O/c7-5-6-3-1-2-4-8(6)9/h1,3-4H. The van der Waals surface area contributed by atoms with Crippen molar-refractivity contribution in [3.05, 3.63) is 35.3 Å². The monoisotopic (exact) mass is 119 g/mol. The van der Waals surface area contributed by atoms with Gasteiger partial charge >= 0.3 is 0 Å². The summed E-state index contributed by atoms with van der Waals surface area (Å²) in [4.78, 5) is 0.